The number of nitriles is 1. The molecule has 9 nitrogen and oxygen atoms in total. The fourth-order valence-corrected chi connectivity index (χ4v) is 3.56. The van der Waals surface area contributed by atoms with Crippen molar-refractivity contribution in [3.8, 4) is 23.2 Å². The lowest BCUT2D eigenvalue weighted by molar-refractivity contribution is 0.206. The molecule has 0 unspecified atom stereocenters. The van der Waals surface area contributed by atoms with Gasteiger partial charge in [-0.2, -0.15) is 5.26 Å². The number of nitrogens with two attached hydrogens (primary N) is 1. The van der Waals surface area contributed by atoms with Crippen LogP contribution in [0.15, 0.2) is 46.5 Å². The second-order valence-corrected chi connectivity index (χ2v) is 9.29. The number of hydrogen-bond donors (Lipinski definition) is 2. The highest BCUT2D eigenvalue weighted by molar-refractivity contribution is 9.10. The van der Waals surface area contributed by atoms with Crippen molar-refractivity contribution >= 4 is 22.1 Å². The maximum Gasteiger partial charge on any atom is 0.155 e. The predicted molar refractivity (Wildman–Crippen MR) is 134 cm³/mol. The van der Waals surface area contributed by atoms with Crippen LogP contribution < -0.4 is 10.5 Å². The van der Waals surface area contributed by atoms with Gasteiger partial charge in [-0.05, 0) is 60.3 Å². The van der Waals surface area contributed by atoms with E-state index in [1.165, 1.54) is 6.07 Å². The SMILES string of the molecule is Cc1nccc(-c2cc(C#N)c(OC[C@@](C)(N)CC(C)C)cn2)n1.O/N=C/c1cc(Br)ncc1F. The van der Waals surface area contributed by atoms with Gasteiger partial charge in [-0.1, -0.05) is 19.0 Å². The summed E-state index contributed by atoms with van der Waals surface area (Å²) in [5.74, 6) is 1.04. The monoisotopic (exact) mass is 543 g/mol. The van der Waals surface area contributed by atoms with E-state index in [2.05, 4.69) is 60.9 Å². The number of aryl methyl sites for hydroxylation is 1. The van der Waals surface area contributed by atoms with Crippen LogP contribution in [-0.2, 0) is 0 Å². The predicted octanol–water partition coefficient (Wildman–Crippen LogP) is 4.65. The van der Waals surface area contributed by atoms with Gasteiger partial charge in [0, 0.05) is 17.3 Å². The second-order valence-electron chi connectivity index (χ2n) is 8.48. The third kappa shape index (κ3) is 8.99. The second kappa shape index (κ2) is 12.8. The highest BCUT2D eigenvalue weighted by Crippen LogP contribution is 2.24. The lowest BCUT2D eigenvalue weighted by Gasteiger charge is -2.26. The van der Waals surface area contributed by atoms with Crippen molar-refractivity contribution in [3.63, 3.8) is 0 Å². The quantitative estimate of drug-likeness (QED) is 0.189. The summed E-state index contributed by atoms with van der Waals surface area (Å²) in [6.45, 7) is 8.32. The Morgan fingerprint density at radius 2 is 2.03 bits per heavy atom. The molecule has 0 aliphatic carbocycles. The van der Waals surface area contributed by atoms with Gasteiger partial charge in [0.05, 0.1) is 35.6 Å². The van der Waals surface area contributed by atoms with Crippen molar-refractivity contribution in [2.75, 3.05) is 6.61 Å². The highest BCUT2D eigenvalue weighted by atomic mass is 79.9. The van der Waals surface area contributed by atoms with Gasteiger partial charge in [-0.25, -0.2) is 19.3 Å². The Balaban J connectivity index is 0.000000328. The first kappa shape index (κ1) is 27.8. The molecule has 0 spiro atoms. The Kier molecular flexibility index (Phi) is 10.2. The van der Waals surface area contributed by atoms with Crippen LogP contribution in [0.25, 0.3) is 11.4 Å². The minimum Gasteiger partial charge on any atom is -0.489 e. The first-order chi connectivity index (χ1) is 16.5. The van der Waals surface area contributed by atoms with Crippen LogP contribution >= 0.6 is 15.9 Å². The number of oxime groups is 1. The van der Waals surface area contributed by atoms with Gasteiger partial charge in [0.2, 0.25) is 0 Å². The van der Waals surface area contributed by atoms with Crippen LogP contribution in [0.2, 0.25) is 0 Å². The maximum absolute atomic E-state index is 12.7. The minimum absolute atomic E-state index is 0.189. The standard InChI is InChI=1S/C18H23N5O.C6H4BrFN2O/c1-12(2)8-18(4,20)11-24-17-10-22-16(7-14(17)9-19)15-5-6-21-13(3)23-15;7-6-1-4(2-10-11)5(8)3-9-6/h5-7,10,12H,8,11,20H2,1-4H3;1-3,11H/b;10-2+/t18-;/m0./s1. The fraction of sp³-hybridized carbons (Fsp3) is 0.333. The summed E-state index contributed by atoms with van der Waals surface area (Å²) >= 11 is 3.05. The zero-order chi connectivity index (χ0) is 26.0. The lowest BCUT2D eigenvalue weighted by Crippen LogP contribution is -2.43. The molecule has 35 heavy (non-hydrogen) atoms. The van der Waals surface area contributed by atoms with Crippen molar-refractivity contribution in [1.82, 2.24) is 19.9 Å². The Labute approximate surface area is 212 Å². The van der Waals surface area contributed by atoms with Crippen molar-refractivity contribution in [1.29, 1.82) is 5.26 Å². The summed E-state index contributed by atoms with van der Waals surface area (Å²) in [4.78, 5) is 16.4. The molecule has 0 saturated carbocycles. The van der Waals surface area contributed by atoms with Crippen LogP contribution in [0.5, 0.6) is 5.75 Å². The number of ether oxygens (including phenoxy) is 1. The van der Waals surface area contributed by atoms with Crippen molar-refractivity contribution in [2.24, 2.45) is 16.8 Å². The molecule has 0 saturated heterocycles. The van der Waals surface area contributed by atoms with E-state index in [0.29, 0.717) is 45.7 Å². The first-order valence-electron chi connectivity index (χ1n) is 10.6. The molecule has 3 heterocycles. The van der Waals surface area contributed by atoms with Gasteiger partial charge in [0.15, 0.2) is 5.75 Å². The van der Waals surface area contributed by atoms with E-state index in [1.807, 2.05) is 13.8 Å². The van der Waals surface area contributed by atoms with Gasteiger partial charge in [-0.15, -0.1) is 0 Å². The molecule has 3 N–H and O–H groups in total. The highest BCUT2D eigenvalue weighted by Gasteiger charge is 2.22. The Morgan fingerprint density at radius 1 is 1.29 bits per heavy atom. The molecular formula is C24H27BrFN7O2. The van der Waals surface area contributed by atoms with E-state index in [0.717, 1.165) is 18.8 Å². The maximum atomic E-state index is 12.7. The van der Waals surface area contributed by atoms with Gasteiger partial charge < -0.3 is 15.7 Å². The van der Waals surface area contributed by atoms with Gasteiger partial charge in [0.1, 0.15) is 28.9 Å². The summed E-state index contributed by atoms with van der Waals surface area (Å²) in [5.41, 5.74) is 7.69. The molecule has 3 aromatic rings. The Morgan fingerprint density at radius 3 is 2.66 bits per heavy atom. The average Bonchev–Trinajstić information content (AvgIpc) is 2.80. The van der Waals surface area contributed by atoms with Crippen LogP contribution in [-0.4, -0.2) is 43.5 Å². The van der Waals surface area contributed by atoms with E-state index < -0.39 is 11.4 Å². The number of nitrogens with zero attached hydrogens (tertiary/aromatic N) is 6. The molecule has 1 atom stereocenters. The first-order valence-corrected chi connectivity index (χ1v) is 11.4. The molecular weight excluding hydrogens is 517 g/mol. The fourth-order valence-electron chi connectivity index (χ4n) is 3.21. The van der Waals surface area contributed by atoms with Crippen LogP contribution in [0, 0.1) is 30.0 Å². The number of rotatable bonds is 7. The Hall–Kier alpha value is -3.49. The lowest BCUT2D eigenvalue weighted by atomic mass is 9.93. The van der Waals surface area contributed by atoms with E-state index >= 15 is 0 Å². The molecule has 0 bridgehead atoms. The molecule has 3 rings (SSSR count). The summed E-state index contributed by atoms with van der Waals surface area (Å²) < 4.78 is 18.9. The molecule has 0 aliphatic rings. The smallest absolute Gasteiger partial charge is 0.155 e. The van der Waals surface area contributed by atoms with E-state index in [9.17, 15) is 9.65 Å². The number of hydrogen-bond acceptors (Lipinski definition) is 9. The normalized spacial score (nSPS) is 12.5. The molecule has 0 amide bonds. The van der Waals surface area contributed by atoms with E-state index in [4.69, 9.17) is 15.7 Å². The van der Waals surface area contributed by atoms with E-state index in [-0.39, 0.29) is 5.56 Å². The number of halogens is 2. The molecule has 0 aromatic carbocycles. The van der Waals surface area contributed by atoms with Crippen molar-refractivity contribution in [3.05, 3.63) is 64.2 Å². The summed E-state index contributed by atoms with van der Waals surface area (Å²) in [5, 5.41) is 20.2. The largest absolute Gasteiger partial charge is 0.489 e. The van der Waals surface area contributed by atoms with Gasteiger partial charge >= 0.3 is 0 Å². The molecule has 184 valence electrons. The van der Waals surface area contributed by atoms with Crippen molar-refractivity contribution < 1.29 is 14.3 Å². The molecule has 0 radical (unpaired) electrons. The van der Waals surface area contributed by atoms with Gasteiger partial charge in [-0.3, -0.25) is 4.98 Å². The molecule has 3 aromatic heterocycles. The van der Waals surface area contributed by atoms with Crippen molar-refractivity contribution in [2.45, 2.75) is 39.7 Å². The summed E-state index contributed by atoms with van der Waals surface area (Å²) in [7, 11) is 0. The van der Waals surface area contributed by atoms with E-state index in [1.54, 1.807) is 24.5 Å². The zero-order valence-corrected chi connectivity index (χ0v) is 21.5. The molecule has 0 aliphatic heterocycles. The average molecular weight is 544 g/mol. The minimum atomic E-state index is -0.522. The third-order valence-corrected chi connectivity index (χ3v) is 4.94. The summed E-state index contributed by atoms with van der Waals surface area (Å²) in [6, 6.07) is 6.99. The zero-order valence-electron chi connectivity index (χ0n) is 19.9. The van der Waals surface area contributed by atoms with Crippen LogP contribution in [0.4, 0.5) is 4.39 Å². The molecule has 11 heteroatoms. The number of aromatic nitrogens is 4. The van der Waals surface area contributed by atoms with Gasteiger partial charge in [0.25, 0.3) is 0 Å². The summed E-state index contributed by atoms with van der Waals surface area (Å²) in [6.07, 6.45) is 6.10. The molecule has 0 fully saturated rings. The third-order valence-electron chi connectivity index (χ3n) is 4.51. The number of pyridine rings is 2. The van der Waals surface area contributed by atoms with Crippen LogP contribution in [0.1, 0.15) is 44.1 Å². The Bertz CT molecular complexity index is 1210. The van der Waals surface area contributed by atoms with Crippen LogP contribution in [0.3, 0.4) is 0 Å². The topological polar surface area (TPSA) is 143 Å².